The number of aromatic nitrogens is 2. The molecule has 2 N–H and O–H groups in total. The molecule has 1 aromatic heterocycles. The first-order valence-electron chi connectivity index (χ1n) is 5.59. The molecule has 17 heavy (non-hydrogen) atoms. The summed E-state index contributed by atoms with van der Waals surface area (Å²) < 4.78 is 6.70. The molecule has 94 valence electrons. The van der Waals surface area contributed by atoms with E-state index in [1.54, 1.807) is 24.9 Å². The van der Waals surface area contributed by atoms with Crippen LogP contribution in [0.1, 0.15) is 22.5 Å². The zero-order valence-electron chi connectivity index (χ0n) is 10.1. The van der Waals surface area contributed by atoms with Crippen LogP contribution in [0.4, 0.5) is 0 Å². The third-order valence-corrected chi connectivity index (χ3v) is 2.92. The summed E-state index contributed by atoms with van der Waals surface area (Å²) in [5.74, 6) is -0.212. The Morgan fingerprint density at radius 3 is 3.06 bits per heavy atom. The minimum atomic E-state index is -0.925. The zero-order chi connectivity index (χ0) is 12.5. The summed E-state index contributed by atoms with van der Waals surface area (Å²) in [6.07, 6.45) is 2.22. The molecule has 0 radical (unpaired) electrons. The molecule has 1 saturated heterocycles. The lowest BCUT2D eigenvalue weighted by molar-refractivity contribution is 0.0264. The van der Waals surface area contributed by atoms with Gasteiger partial charge >= 0.3 is 0 Å². The number of carbonyl (C=O) groups excluding carboxylic acids is 1. The van der Waals surface area contributed by atoms with Crippen LogP contribution in [0.15, 0.2) is 6.20 Å². The molecule has 1 aliphatic heterocycles. The Hall–Kier alpha value is -1.40. The van der Waals surface area contributed by atoms with Gasteiger partial charge in [0.15, 0.2) is 0 Å². The summed E-state index contributed by atoms with van der Waals surface area (Å²) in [5.41, 5.74) is 0.292. The molecule has 6 heteroatoms. The third-order valence-electron chi connectivity index (χ3n) is 2.92. The Balaban J connectivity index is 1.95. The van der Waals surface area contributed by atoms with Crippen LogP contribution in [0, 0.1) is 6.92 Å². The van der Waals surface area contributed by atoms with E-state index < -0.39 is 5.60 Å². The van der Waals surface area contributed by atoms with Crippen LogP contribution in [0.25, 0.3) is 0 Å². The smallest absolute Gasteiger partial charge is 0.254 e. The normalized spacial score (nSPS) is 23.9. The van der Waals surface area contributed by atoms with Gasteiger partial charge in [-0.2, -0.15) is 5.10 Å². The van der Waals surface area contributed by atoms with Crippen LogP contribution in [-0.4, -0.2) is 46.2 Å². The highest BCUT2D eigenvalue weighted by Crippen LogP contribution is 2.17. The van der Waals surface area contributed by atoms with E-state index in [2.05, 4.69) is 10.4 Å². The number of aryl methyl sites for hydroxylation is 2. The Morgan fingerprint density at radius 2 is 2.53 bits per heavy atom. The average molecular weight is 239 g/mol. The number of nitrogens with zero attached hydrogens (tertiary/aromatic N) is 2. The van der Waals surface area contributed by atoms with Crippen LogP contribution >= 0.6 is 0 Å². The molecule has 1 amide bonds. The number of nitrogens with one attached hydrogen (secondary N) is 1. The van der Waals surface area contributed by atoms with Crippen molar-refractivity contribution >= 4 is 5.91 Å². The maximum Gasteiger partial charge on any atom is 0.254 e. The van der Waals surface area contributed by atoms with Crippen molar-refractivity contribution in [3.05, 3.63) is 17.5 Å². The molecule has 2 heterocycles. The predicted molar refractivity (Wildman–Crippen MR) is 60.7 cm³/mol. The van der Waals surface area contributed by atoms with Crippen molar-refractivity contribution < 1.29 is 14.6 Å². The van der Waals surface area contributed by atoms with Gasteiger partial charge in [0, 0.05) is 32.8 Å². The van der Waals surface area contributed by atoms with Crippen molar-refractivity contribution in [2.45, 2.75) is 18.9 Å². The van der Waals surface area contributed by atoms with Crippen molar-refractivity contribution in [3.8, 4) is 0 Å². The van der Waals surface area contributed by atoms with Crippen LogP contribution in [0.2, 0.25) is 0 Å². The largest absolute Gasteiger partial charge is 0.386 e. The maximum absolute atomic E-state index is 11.9. The van der Waals surface area contributed by atoms with Crippen LogP contribution in [0.3, 0.4) is 0 Å². The fourth-order valence-corrected chi connectivity index (χ4v) is 1.90. The van der Waals surface area contributed by atoms with Gasteiger partial charge in [-0.3, -0.25) is 9.48 Å². The zero-order valence-corrected chi connectivity index (χ0v) is 10.1. The second-order valence-electron chi connectivity index (χ2n) is 4.51. The van der Waals surface area contributed by atoms with E-state index in [1.807, 2.05) is 0 Å². The van der Waals surface area contributed by atoms with E-state index in [4.69, 9.17) is 4.74 Å². The molecule has 1 aliphatic rings. The van der Waals surface area contributed by atoms with Gasteiger partial charge in [0.2, 0.25) is 0 Å². The van der Waals surface area contributed by atoms with E-state index in [1.165, 1.54) is 0 Å². The van der Waals surface area contributed by atoms with Gasteiger partial charge in [0.1, 0.15) is 5.60 Å². The van der Waals surface area contributed by atoms with E-state index in [0.717, 1.165) is 0 Å². The molecule has 0 aromatic carbocycles. The van der Waals surface area contributed by atoms with Crippen molar-refractivity contribution in [1.29, 1.82) is 0 Å². The van der Waals surface area contributed by atoms with Gasteiger partial charge in [-0.15, -0.1) is 0 Å². The first kappa shape index (κ1) is 12.1. The number of aliphatic hydroxyl groups is 1. The van der Waals surface area contributed by atoms with Crippen molar-refractivity contribution in [2.24, 2.45) is 7.05 Å². The molecule has 0 saturated carbocycles. The Morgan fingerprint density at radius 1 is 1.76 bits per heavy atom. The van der Waals surface area contributed by atoms with Crippen LogP contribution in [0.5, 0.6) is 0 Å². The molecule has 1 atom stereocenters. The van der Waals surface area contributed by atoms with Gasteiger partial charge in [-0.1, -0.05) is 0 Å². The number of hydrogen-bond acceptors (Lipinski definition) is 4. The van der Waals surface area contributed by atoms with Gasteiger partial charge in [0.25, 0.3) is 5.91 Å². The average Bonchev–Trinajstić information content (AvgIpc) is 2.83. The molecule has 2 rings (SSSR count). The van der Waals surface area contributed by atoms with Crippen molar-refractivity contribution in [1.82, 2.24) is 15.1 Å². The Labute approximate surface area is 99.6 Å². The number of carbonyl (C=O) groups is 1. The van der Waals surface area contributed by atoms with Gasteiger partial charge in [-0.05, 0) is 6.92 Å². The summed E-state index contributed by atoms with van der Waals surface area (Å²) in [5, 5.41) is 16.8. The van der Waals surface area contributed by atoms with E-state index >= 15 is 0 Å². The lowest BCUT2D eigenvalue weighted by Gasteiger charge is -2.20. The Kier molecular flexibility index (Phi) is 3.17. The molecule has 1 unspecified atom stereocenters. The minimum absolute atomic E-state index is 0.208. The first-order valence-corrected chi connectivity index (χ1v) is 5.59. The van der Waals surface area contributed by atoms with Crippen molar-refractivity contribution in [3.63, 3.8) is 0 Å². The first-order chi connectivity index (χ1) is 8.00. The molecule has 0 aliphatic carbocycles. The molecule has 6 nitrogen and oxygen atoms in total. The molecule has 0 spiro atoms. The SMILES string of the molecule is Cc1nn(C)cc1C(=O)NCC1(O)CCOC1. The van der Waals surface area contributed by atoms with Crippen LogP contribution < -0.4 is 5.32 Å². The highest BCUT2D eigenvalue weighted by molar-refractivity contribution is 5.95. The second kappa shape index (κ2) is 4.46. The summed E-state index contributed by atoms with van der Waals surface area (Å²) in [6, 6.07) is 0. The predicted octanol–water partition coefficient (Wildman–Crippen LogP) is -0.390. The Bertz CT molecular complexity index is 422. The molecular formula is C11H17N3O3. The van der Waals surface area contributed by atoms with Gasteiger partial charge in [0.05, 0.1) is 17.9 Å². The topological polar surface area (TPSA) is 76.4 Å². The monoisotopic (exact) mass is 239 g/mol. The van der Waals surface area contributed by atoms with E-state index in [9.17, 15) is 9.90 Å². The molecular weight excluding hydrogens is 222 g/mol. The quantitative estimate of drug-likeness (QED) is 0.753. The summed E-state index contributed by atoms with van der Waals surface area (Å²) in [6.45, 7) is 2.81. The molecule has 0 bridgehead atoms. The second-order valence-corrected chi connectivity index (χ2v) is 4.51. The fraction of sp³-hybridized carbons (Fsp3) is 0.636. The highest BCUT2D eigenvalue weighted by atomic mass is 16.5. The van der Waals surface area contributed by atoms with Crippen LogP contribution in [-0.2, 0) is 11.8 Å². The summed E-state index contributed by atoms with van der Waals surface area (Å²) in [7, 11) is 1.77. The number of rotatable bonds is 3. The maximum atomic E-state index is 11.9. The van der Waals surface area contributed by atoms with E-state index in [0.29, 0.717) is 24.3 Å². The van der Waals surface area contributed by atoms with Gasteiger partial charge < -0.3 is 15.2 Å². The number of amides is 1. The highest BCUT2D eigenvalue weighted by Gasteiger charge is 2.32. The lowest BCUT2D eigenvalue weighted by atomic mass is 10.0. The molecule has 1 fully saturated rings. The van der Waals surface area contributed by atoms with Gasteiger partial charge in [-0.25, -0.2) is 0 Å². The summed E-state index contributed by atoms with van der Waals surface area (Å²) in [4.78, 5) is 11.9. The third kappa shape index (κ3) is 2.65. The lowest BCUT2D eigenvalue weighted by Crippen LogP contribution is -2.43. The number of hydrogen-bond donors (Lipinski definition) is 2. The molecule has 1 aromatic rings. The van der Waals surface area contributed by atoms with Crippen molar-refractivity contribution in [2.75, 3.05) is 19.8 Å². The van der Waals surface area contributed by atoms with E-state index in [-0.39, 0.29) is 19.1 Å². The standard InChI is InChI=1S/C11H17N3O3/c1-8-9(5-14(2)13-8)10(15)12-6-11(16)3-4-17-7-11/h5,16H,3-4,6-7H2,1-2H3,(H,12,15). The number of ether oxygens (including phenoxy) is 1. The minimum Gasteiger partial charge on any atom is -0.386 e. The summed E-state index contributed by atoms with van der Waals surface area (Å²) >= 11 is 0. The fourth-order valence-electron chi connectivity index (χ4n) is 1.90.